The van der Waals surface area contributed by atoms with Gasteiger partial charge in [0.2, 0.25) is 11.8 Å². The Balaban J connectivity index is 1.55. The van der Waals surface area contributed by atoms with Crippen LogP contribution in [0.2, 0.25) is 0 Å². The number of pyridine rings is 1. The minimum absolute atomic E-state index is 0.0113. The lowest BCUT2D eigenvalue weighted by Crippen LogP contribution is -2.67. The van der Waals surface area contributed by atoms with Crippen LogP contribution >= 0.6 is 0 Å². The Hall–Kier alpha value is -2.44. The molecule has 4 heterocycles. The first-order valence-electron chi connectivity index (χ1n) is 10.9. The van der Waals surface area contributed by atoms with E-state index in [1.807, 2.05) is 11.8 Å². The van der Waals surface area contributed by atoms with Gasteiger partial charge in [0.25, 0.3) is 5.91 Å². The smallest absolute Gasteiger partial charge is 0.255 e. The van der Waals surface area contributed by atoms with Gasteiger partial charge < -0.3 is 15.1 Å². The number of aromatic nitrogens is 1. The summed E-state index contributed by atoms with van der Waals surface area (Å²) in [6.07, 6.45) is 8.09. The third-order valence-electron chi connectivity index (χ3n) is 6.68. The van der Waals surface area contributed by atoms with Crippen molar-refractivity contribution in [3.05, 3.63) is 30.1 Å². The van der Waals surface area contributed by atoms with E-state index in [9.17, 15) is 14.4 Å². The summed E-state index contributed by atoms with van der Waals surface area (Å²) in [6, 6.07) is 3.73. The predicted octanol–water partition coefficient (Wildman–Crippen LogP) is 1.84. The largest absolute Gasteiger partial charge is 0.354 e. The molecule has 29 heavy (non-hydrogen) atoms. The van der Waals surface area contributed by atoms with E-state index in [1.54, 1.807) is 24.5 Å². The number of rotatable bonds is 5. The summed E-state index contributed by atoms with van der Waals surface area (Å²) in [7, 11) is 0. The van der Waals surface area contributed by atoms with Crippen LogP contribution in [0.25, 0.3) is 0 Å². The van der Waals surface area contributed by atoms with E-state index in [2.05, 4.69) is 15.2 Å². The number of hydrogen-bond acceptors (Lipinski definition) is 4. The topological polar surface area (TPSA) is 82.6 Å². The lowest BCUT2D eigenvalue weighted by atomic mass is 9.72. The van der Waals surface area contributed by atoms with E-state index >= 15 is 0 Å². The summed E-state index contributed by atoms with van der Waals surface area (Å²) in [5.74, 6) is 0.750. The first-order chi connectivity index (χ1) is 14.1. The van der Waals surface area contributed by atoms with Crippen molar-refractivity contribution < 1.29 is 14.4 Å². The molecule has 0 spiro atoms. The van der Waals surface area contributed by atoms with Crippen molar-refractivity contribution >= 4 is 17.7 Å². The van der Waals surface area contributed by atoms with Gasteiger partial charge in [0, 0.05) is 50.9 Å². The third-order valence-corrected chi connectivity index (χ3v) is 6.68. The molecule has 1 N–H and O–H groups in total. The molecule has 7 heteroatoms. The summed E-state index contributed by atoms with van der Waals surface area (Å²) in [5.41, 5.74) is 0.608. The van der Waals surface area contributed by atoms with Crippen molar-refractivity contribution in [2.45, 2.75) is 57.5 Å². The summed E-state index contributed by atoms with van der Waals surface area (Å²) >= 11 is 0. The van der Waals surface area contributed by atoms with Crippen LogP contribution < -0.4 is 5.32 Å². The van der Waals surface area contributed by atoms with Crippen LogP contribution in [-0.4, -0.2) is 64.2 Å². The molecule has 1 aromatic heterocycles. The molecular weight excluding hydrogens is 368 g/mol. The van der Waals surface area contributed by atoms with E-state index in [0.29, 0.717) is 44.0 Å². The van der Waals surface area contributed by atoms with Gasteiger partial charge >= 0.3 is 0 Å². The first-order valence-corrected chi connectivity index (χ1v) is 10.9. The van der Waals surface area contributed by atoms with Crippen molar-refractivity contribution in [3.8, 4) is 0 Å². The highest BCUT2D eigenvalue weighted by molar-refractivity contribution is 5.94. The van der Waals surface area contributed by atoms with Gasteiger partial charge in [-0.1, -0.05) is 6.92 Å². The molecule has 0 aromatic carbocycles. The van der Waals surface area contributed by atoms with Gasteiger partial charge in [-0.3, -0.25) is 19.4 Å². The van der Waals surface area contributed by atoms with E-state index in [-0.39, 0.29) is 35.7 Å². The Kier molecular flexibility index (Phi) is 5.83. The molecule has 0 saturated carbocycles. The predicted molar refractivity (Wildman–Crippen MR) is 108 cm³/mol. The highest BCUT2D eigenvalue weighted by atomic mass is 16.2. The summed E-state index contributed by atoms with van der Waals surface area (Å²) in [6.45, 7) is 3.77. The molecule has 0 unspecified atom stereocenters. The highest BCUT2D eigenvalue weighted by Crippen LogP contribution is 2.41. The third kappa shape index (κ3) is 4.00. The molecule has 0 aliphatic carbocycles. The maximum Gasteiger partial charge on any atom is 0.255 e. The first kappa shape index (κ1) is 19.9. The van der Waals surface area contributed by atoms with Crippen LogP contribution in [0.15, 0.2) is 24.5 Å². The monoisotopic (exact) mass is 398 g/mol. The van der Waals surface area contributed by atoms with Crippen LogP contribution in [0, 0.1) is 11.8 Å². The lowest BCUT2D eigenvalue weighted by molar-refractivity contribution is -0.152. The SMILES string of the molecule is CCCC(=O)NC[C@H]1[C@H]2C[C@H](CN(C(=O)c3cccnc3)C2)[C@@H]2CCCC(=O)N21. The molecule has 4 rings (SSSR count). The van der Waals surface area contributed by atoms with Gasteiger partial charge in [0.1, 0.15) is 0 Å². The van der Waals surface area contributed by atoms with Crippen molar-refractivity contribution in [1.82, 2.24) is 20.1 Å². The molecule has 4 atom stereocenters. The number of hydrogen-bond donors (Lipinski definition) is 1. The number of carbonyl (C=O) groups excluding carboxylic acids is 3. The zero-order valence-electron chi connectivity index (χ0n) is 17.0. The Bertz CT molecular complexity index is 769. The second-order valence-electron chi connectivity index (χ2n) is 8.59. The Morgan fingerprint density at radius 3 is 2.86 bits per heavy atom. The molecular formula is C22H30N4O3. The van der Waals surface area contributed by atoms with Crippen molar-refractivity contribution in [2.24, 2.45) is 11.8 Å². The van der Waals surface area contributed by atoms with Crippen molar-refractivity contribution in [2.75, 3.05) is 19.6 Å². The number of piperidine rings is 3. The van der Waals surface area contributed by atoms with Crippen LogP contribution in [0.4, 0.5) is 0 Å². The number of likely N-dealkylation sites (tertiary alicyclic amines) is 1. The standard InChI is InChI=1S/C22H30N4O3/c1-2-5-20(27)24-12-19-17-10-16(18-7-3-8-21(28)26(18)19)13-25(14-17)22(29)15-6-4-9-23-11-15/h4,6,9,11,16-19H,2-3,5,7-8,10,12-14H2,1H3,(H,24,27)/t16-,17+,18+,19+/m1/s1. The van der Waals surface area contributed by atoms with Gasteiger partial charge in [-0.15, -0.1) is 0 Å². The maximum absolute atomic E-state index is 13.0. The van der Waals surface area contributed by atoms with Crippen LogP contribution in [0.3, 0.4) is 0 Å². The normalized spacial score (nSPS) is 28.7. The molecule has 1 aromatic rings. The zero-order valence-corrected chi connectivity index (χ0v) is 17.0. The number of carbonyl (C=O) groups is 3. The number of nitrogens with one attached hydrogen (secondary N) is 1. The van der Waals surface area contributed by atoms with Gasteiger partial charge in [-0.25, -0.2) is 0 Å². The zero-order chi connectivity index (χ0) is 20.4. The molecule has 3 amide bonds. The fraction of sp³-hybridized carbons (Fsp3) is 0.636. The molecule has 3 saturated heterocycles. The minimum atomic E-state index is -0.0330. The maximum atomic E-state index is 13.0. The van der Waals surface area contributed by atoms with Gasteiger partial charge in [-0.2, -0.15) is 0 Å². The quantitative estimate of drug-likeness (QED) is 0.820. The molecule has 7 nitrogen and oxygen atoms in total. The number of nitrogens with zero attached hydrogens (tertiary/aromatic N) is 3. The average Bonchev–Trinajstić information content (AvgIpc) is 2.74. The molecule has 156 valence electrons. The summed E-state index contributed by atoms with van der Waals surface area (Å²) < 4.78 is 0. The molecule has 0 radical (unpaired) electrons. The van der Waals surface area contributed by atoms with Crippen molar-refractivity contribution in [1.29, 1.82) is 0 Å². The van der Waals surface area contributed by atoms with Gasteiger partial charge in [0.05, 0.1) is 11.6 Å². The second-order valence-corrected chi connectivity index (χ2v) is 8.59. The van der Waals surface area contributed by atoms with E-state index in [4.69, 9.17) is 0 Å². The number of amides is 3. The van der Waals surface area contributed by atoms with E-state index in [0.717, 1.165) is 25.7 Å². The molecule has 3 fully saturated rings. The van der Waals surface area contributed by atoms with Crippen LogP contribution in [-0.2, 0) is 9.59 Å². The fourth-order valence-corrected chi connectivity index (χ4v) is 5.41. The molecule has 3 aliphatic rings. The highest BCUT2D eigenvalue weighted by Gasteiger charge is 2.50. The lowest BCUT2D eigenvalue weighted by Gasteiger charge is -2.56. The fourth-order valence-electron chi connectivity index (χ4n) is 5.41. The van der Waals surface area contributed by atoms with E-state index < -0.39 is 0 Å². The molecule has 3 aliphatic heterocycles. The summed E-state index contributed by atoms with van der Waals surface area (Å²) in [5, 5.41) is 3.04. The number of fused-ring (bicyclic) bond motifs is 4. The molecule has 2 bridgehead atoms. The van der Waals surface area contributed by atoms with Crippen LogP contribution in [0.1, 0.15) is 55.8 Å². The van der Waals surface area contributed by atoms with Gasteiger partial charge in [0.15, 0.2) is 0 Å². The van der Waals surface area contributed by atoms with Gasteiger partial charge in [-0.05, 0) is 49.7 Å². The Labute approximate surface area is 171 Å². The average molecular weight is 399 g/mol. The minimum Gasteiger partial charge on any atom is -0.354 e. The Morgan fingerprint density at radius 2 is 2.10 bits per heavy atom. The van der Waals surface area contributed by atoms with Crippen molar-refractivity contribution in [3.63, 3.8) is 0 Å². The van der Waals surface area contributed by atoms with E-state index in [1.165, 1.54) is 0 Å². The second kappa shape index (κ2) is 8.51. The van der Waals surface area contributed by atoms with Crippen LogP contribution in [0.5, 0.6) is 0 Å². The Morgan fingerprint density at radius 1 is 1.28 bits per heavy atom. The summed E-state index contributed by atoms with van der Waals surface area (Å²) in [4.78, 5) is 46.0.